The molecule has 0 aromatic heterocycles. The van der Waals surface area contributed by atoms with E-state index >= 15 is 0 Å². The minimum absolute atomic E-state index is 0.146. The molecular weight excluding hydrogens is 402 g/mol. The molecular formula is C27H25NO4. The molecule has 2 saturated heterocycles. The fraction of sp³-hybridized carbons (Fsp3) is 0.259. The van der Waals surface area contributed by atoms with Gasteiger partial charge in [0.2, 0.25) is 5.91 Å². The second-order valence-electron chi connectivity index (χ2n) is 8.28. The summed E-state index contributed by atoms with van der Waals surface area (Å²) in [6, 6.07) is 28.9. The number of carbonyl (C=O) groups is 2. The maximum Gasteiger partial charge on any atom is 0.319 e. The number of benzene rings is 3. The Balaban J connectivity index is 1.44. The van der Waals surface area contributed by atoms with Crippen molar-refractivity contribution in [3.8, 4) is 0 Å². The van der Waals surface area contributed by atoms with E-state index in [4.69, 9.17) is 9.47 Å². The average Bonchev–Trinajstić information content (AvgIpc) is 3.29. The molecule has 0 radical (unpaired) electrons. The predicted molar refractivity (Wildman–Crippen MR) is 119 cm³/mol. The number of ether oxygens (including phenoxy) is 2. The van der Waals surface area contributed by atoms with Gasteiger partial charge in [-0.3, -0.25) is 9.59 Å². The van der Waals surface area contributed by atoms with E-state index in [0.717, 1.165) is 16.7 Å². The molecule has 3 aromatic carbocycles. The summed E-state index contributed by atoms with van der Waals surface area (Å²) in [5.41, 5.74) is 2.86. The van der Waals surface area contributed by atoms with Crippen molar-refractivity contribution in [2.75, 3.05) is 6.61 Å². The van der Waals surface area contributed by atoms with E-state index in [2.05, 4.69) is 0 Å². The van der Waals surface area contributed by atoms with Gasteiger partial charge in [-0.15, -0.1) is 0 Å². The molecule has 5 heteroatoms. The van der Waals surface area contributed by atoms with Crippen LogP contribution in [0.15, 0.2) is 91.0 Å². The van der Waals surface area contributed by atoms with Gasteiger partial charge in [-0.05, 0) is 16.7 Å². The SMILES string of the molecule is O=C(OCc1ccccc1)[C@H]1C(=O)N2[C@H](C[C@@H]1c1ccccc1)OC[C@H]2c1ccccc1. The number of hydrogen-bond acceptors (Lipinski definition) is 4. The Morgan fingerprint density at radius 2 is 1.47 bits per heavy atom. The summed E-state index contributed by atoms with van der Waals surface area (Å²) in [6.07, 6.45) is 0.209. The standard InChI is InChI=1S/C27H25NO4/c29-26-25(27(30)32-17-19-10-4-1-5-11-19)22(20-12-6-2-7-13-20)16-24-28(26)23(18-31-24)21-14-8-3-9-15-21/h1-15,22-25H,16-18H2/t22-,23+,24+,25-/m1/s1. The predicted octanol–water partition coefficient (Wildman–Crippen LogP) is 4.46. The zero-order valence-corrected chi connectivity index (χ0v) is 17.7. The van der Waals surface area contributed by atoms with Crippen molar-refractivity contribution >= 4 is 11.9 Å². The van der Waals surface area contributed by atoms with Gasteiger partial charge in [0.25, 0.3) is 0 Å². The summed E-state index contributed by atoms with van der Waals surface area (Å²) in [6.45, 7) is 0.570. The van der Waals surface area contributed by atoms with Gasteiger partial charge < -0.3 is 14.4 Å². The van der Waals surface area contributed by atoms with Gasteiger partial charge in [0.1, 0.15) is 18.8 Å². The Kier molecular flexibility index (Phi) is 5.73. The van der Waals surface area contributed by atoms with Crippen molar-refractivity contribution in [1.29, 1.82) is 0 Å². The molecule has 1 amide bonds. The van der Waals surface area contributed by atoms with Crippen LogP contribution in [0, 0.1) is 5.92 Å². The number of nitrogens with zero attached hydrogens (tertiary/aromatic N) is 1. The van der Waals surface area contributed by atoms with Crippen LogP contribution >= 0.6 is 0 Å². The molecule has 2 aliphatic heterocycles. The highest BCUT2D eigenvalue weighted by Gasteiger charge is 2.52. The van der Waals surface area contributed by atoms with Gasteiger partial charge in [0.05, 0.1) is 12.6 Å². The third-order valence-electron chi connectivity index (χ3n) is 6.36. The maximum atomic E-state index is 13.8. The number of carbonyl (C=O) groups excluding carboxylic acids is 2. The zero-order chi connectivity index (χ0) is 21.9. The van der Waals surface area contributed by atoms with Crippen LogP contribution in [0.1, 0.15) is 35.1 Å². The Morgan fingerprint density at radius 1 is 0.875 bits per heavy atom. The molecule has 162 valence electrons. The summed E-state index contributed by atoms with van der Waals surface area (Å²) in [5, 5.41) is 0. The molecule has 2 aliphatic rings. The molecule has 3 aromatic rings. The first-order valence-electron chi connectivity index (χ1n) is 11.0. The van der Waals surface area contributed by atoms with Crippen LogP contribution in [0.25, 0.3) is 0 Å². The fourth-order valence-electron chi connectivity index (χ4n) is 4.77. The first kappa shape index (κ1) is 20.5. The van der Waals surface area contributed by atoms with Gasteiger partial charge >= 0.3 is 5.97 Å². The smallest absolute Gasteiger partial charge is 0.319 e. The Hall–Kier alpha value is -3.44. The summed E-state index contributed by atoms with van der Waals surface area (Å²) in [4.78, 5) is 28.8. The highest BCUT2D eigenvalue weighted by Crippen LogP contribution is 2.44. The lowest BCUT2D eigenvalue weighted by Gasteiger charge is -2.40. The van der Waals surface area contributed by atoms with Gasteiger partial charge in [-0.1, -0.05) is 91.0 Å². The van der Waals surface area contributed by atoms with Crippen molar-refractivity contribution in [1.82, 2.24) is 4.90 Å². The zero-order valence-electron chi connectivity index (χ0n) is 17.7. The summed E-state index contributed by atoms with van der Waals surface area (Å²) >= 11 is 0. The quantitative estimate of drug-likeness (QED) is 0.446. The van der Waals surface area contributed by atoms with E-state index in [1.54, 1.807) is 4.90 Å². The first-order valence-corrected chi connectivity index (χ1v) is 11.0. The monoisotopic (exact) mass is 427 g/mol. The topological polar surface area (TPSA) is 55.8 Å². The highest BCUT2D eigenvalue weighted by atomic mass is 16.5. The number of fused-ring (bicyclic) bond motifs is 1. The second kappa shape index (κ2) is 8.97. The van der Waals surface area contributed by atoms with Crippen LogP contribution in [-0.4, -0.2) is 29.6 Å². The third kappa shape index (κ3) is 3.92. The van der Waals surface area contributed by atoms with E-state index in [0.29, 0.717) is 13.0 Å². The van der Waals surface area contributed by atoms with E-state index in [-0.39, 0.29) is 30.7 Å². The molecule has 0 bridgehead atoms. The summed E-state index contributed by atoms with van der Waals surface area (Å²) in [5.74, 6) is -1.89. The molecule has 0 N–H and O–H groups in total. The van der Waals surface area contributed by atoms with Crippen LogP contribution in [0.4, 0.5) is 0 Å². The van der Waals surface area contributed by atoms with E-state index < -0.39 is 11.9 Å². The lowest BCUT2D eigenvalue weighted by Crippen LogP contribution is -2.51. The van der Waals surface area contributed by atoms with Crippen molar-refractivity contribution in [2.24, 2.45) is 5.92 Å². The third-order valence-corrected chi connectivity index (χ3v) is 6.36. The first-order chi connectivity index (χ1) is 15.7. The molecule has 0 spiro atoms. The van der Waals surface area contributed by atoms with Crippen LogP contribution in [0.5, 0.6) is 0 Å². The molecule has 5 rings (SSSR count). The van der Waals surface area contributed by atoms with Gasteiger partial charge in [-0.2, -0.15) is 0 Å². The number of hydrogen-bond donors (Lipinski definition) is 0. The van der Waals surface area contributed by atoms with E-state index in [1.165, 1.54) is 0 Å². The van der Waals surface area contributed by atoms with Crippen LogP contribution in [-0.2, 0) is 25.7 Å². The van der Waals surface area contributed by atoms with Crippen molar-refractivity contribution < 1.29 is 19.1 Å². The number of esters is 1. The largest absolute Gasteiger partial charge is 0.460 e. The van der Waals surface area contributed by atoms with Gasteiger partial charge in [0.15, 0.2) is 0 Å². The minimum atomic E-state index is -0.898. The lowest BCUT2D eigenvalue weighted by atomic mass is 9.78. The highest BCUT2D eigenvalue weighted by molar-refractivity contribution is 6.00. The van der Waals surface area contributed by atoms with E-state index in [9.17, 15) is 9.59 Å². The van der Waals surface area contributed by atoms with Crippen LogP contribution in [0.2, 0.25) is 0 Å². The fourth-order valence-corrected chi connectivity index (χ4v) is 4.77. The molecule has 0 saturated carbocycles. The minimum Gasteiger partial charge on any atom is -0.460 e. The molecule has 0 unspecified atom stereocenters. The Labute approximate surface area is 187 Å². The van der Waals surface area contributed by atoms with Gasteiger partial charge in [0, 0.05) is 12.3 Å². The van der Waals surface area contributed by atoms with E-state index in [1.807, 2.05) is 91.0 Å². The van der Waals surface area contributed by atoms with Gasteiger partial charge in [-0.25, -0.2) is 0 Å². The molecule has 2 fully saturated rings. The number of amides is 1. The molecule has 5 nitrogen and oxygen atoms in total. The number of piperidine rings is 1. The Morgan fingerprint density at radius 3 is 2.12 bits per heavy atom. The van der Waals surface area contributed by atoms with Crippen molar-refractivity contribution in [3.63, 3.8) is 0 Å². The molecule has 2 heterocycles. The molecule has 4 atom stereocenters. The van der Waals surface area contributed by atoms with Crippen LogP contribution < -0.4 is 0 Å². The van der Waals surface area contributed by atoms with Crippen LogP contribution in [0.3, 0.4) is 0 Å². The second-order valence-corrected chi connectivity index (χ2v) is 8.28. The Bertz CT molecular complexity index is 1070. The summed E-state index contributed by atoms with van der Waals surface area (Å²) in [7, 11) is 0. The molecule has 32 heavy (non-hydrogen) atoms. The summed E-state index contributed by atoms with van der Waals surface area (Å²) < 4.78 is 11.7. The maximum absolute atomic E-state index is 13.8. The average molecular weight is 428 g/mol. The normalized spacial score (nSPS) is 24.8. The van der Waals surface area contributed by atoms with Crippen molar-refractivity contribution in [3.05, 3.63) is 108 Å². The number of rotatable bonds is 5. The van der Waals surface area contributed by atoms with Crippen molar-refractivity contribution in [2.45, 2.75) is 31.2 Å². The lowest BCUT2D eigenvalue weighted by molar-refractivity contribution is -0.166. The molecule has 0 aliphatic carbocycles.